The third kappa shape index (κ3) is 5.92. The van der Waals surface area contributed by atoms with Crippen molar-refractivity contribution in [2.24, 2.45) is 11.8 Å². The first kappa shape index (κ1) is 22.1. The van der Waals surface area contributed by atoms with Crippen molar-refractivity contribution in [3.63, 3.8) is 0 Å². The molecule has 0 N–H and O–H groups in total. The summed E-state index contributed by atoms with van der Waals surface area (Å²) in [5.74, 6) is -0.155. The molecule has 26 heavy (non-hydrogen) atoms. The fourth-order valence-electron chi connectivity index (χ4n) is 4.76. The fraction of sp³-hybridized carbons (Fsp3) is 1.00. The second kappa shape index (κ2) is 11.6. The summed E-state index contributed by atoms with van der Waals surface area (Å²) in [6.07, 6.45) is 13.5. The van der Waals surface area contributed by atoms with Crippen LogP contribution in [0.1, 0.15) is 91.9 Å². The van der Waals surface area contributed by atoms with Gasteiger partial charge in [0.15, 0.2) is 0 Å². The Labute approximate surface area is 161 Å². The van der Waals surface area contributed by atoms with Gasteiger partial charge in [-0.25, -0.2) is 0 Å². The Morgan fingerprint density at radius 3 is 2.08 bits per heavy atom. The Morgan fingerprint density at radius 2 is 1.46 bits per heavy atom. The average Bonchev–Trinajstić information content (AvgIpc) is 3.42. The molecule has 0 spiro atoms. The Morgan fingerprint density at radius 1 is 0.846 bits per heavy atom. The van der Waals surface area contributed by atoms with Gasteiger partial charge in [-0.05, 0) is 46.0 Å². The Kier molecular flexibility index (Phi) is 9.90. The average molecular weight is 371 g/mol. The maximum Gasteiger partial charge on any atom is 0.286 e. The van der Waals surface area contributed by atoms with E-state index in [2.05, 4.69) is 6.92 Å². The lowest BCUT2D eigenvalue weighted by Crippen LogP contribution is -2.51. The summed E-state index contributed by atoms with van der Waals surface area (Å²) in [5, 5.41) is 0. The molecule has 4 unspecified atom stereocenters. The molecule has 2 fully saturated rings. The van der Waals surface area contributed by atoms with Gasteiger partial charge in [-0.2, -0.15) is 0 Å². The number of rotatable bonds is 15. The largest absolute Gasteiger partial charge is 0.369 e. The first-order chi connectivity index (χ1) is 12.7. The lowest BCUT2D eigenvalue weighted by Gasteiger charge is -2.43. The zero-order valence-electron chi connectivity index (χ0n) is 17.6. The summed E-state index contributed by atoms with van der Waals surface area (Å²) in [5.41, 5.74) is 0. The smallest absolute Gasteiger partial charge is 0.286 e. The number of epoxide rings is 1. The van der Waals surface area contributed by atoms with Crippen LogP contribution in [0, 0.1) is 11.8 Å². The Bertz CT molecular complexity index is 356. The van der Waals surface area contributed by atoms with E-state index in [-0.39, 0.29) is 5.92 Å². The number of hydrogen-bond acceptors (Lipinski definition) is 4. The molecule has 0 amide bonds. The van der Waals surface area contributed by atoms with Crippen molar-refractivity contribution >= 4 is 0 Å². The Balaban J connectivity index is 2.06. The molecule has 1 aliphatic heterocycles. The molecule has 1 saturated carbocycles. The van der Waals surface area contributed by atoms with Gasteiger partial charge in [0.1, 0.15) is 0 Å². The molecule has 2 rings (SSSR count). The molecule has 1 heterocycles. The summed E-state index contributed by atoms with van der Waals surface area (Å²) >= 11 is 0. The predicted octanol–water partition coefficient (Wildman–Crippen LogP) is 5.68. The molecule has 0 aromatic rings. The minimum Gasteiger partial charge on any atom is -0.369 e. The lowest BCUT2D eigenvalue weighted by atomic mass is 9.76. The van der Waals surface area contributed by atoms with Gasteiger partial charge < -0.3 is 18.9 Å². The van der Waals surface area contributed by atoms with Crippen LogP contribution in [0.15, 0.2) is 0 Å². The topological polar surface area (TPSA) is 40.2 Å². The van der Waals surface area contributed by atoms with Crippen molar-refractivity contribution in [1.29, 1.82) is 0 Å². The third-order valence-corrected chi connectivity index (χ3v) is 5.95. The van der Waals surface area contributed by atoms with E-state index in [4.69, 9.17) is 18.9 Å². The summed E-state index contributed by atoms with van der Waals surface area (Å²) < 4.78 is 24.6. The highest BCUT2D eigenvalue weighted by Gasteiger charge is 2.56. The molecule has 154 valence electrons. The highest BCUT2D eigenvalue weighted by molar-refractivity contribution is 4.99. The van der Waals surface area contributed by atoms with Crippen molar-refractivity contribution < 1.29 is 18.9 Å². The van der Waals surface area contributed by atoms with Gasteiger partial charge in [0.25, 0.3) is 5.97 Å². The van der Waals surface area contributed by atoms with Crippen LogP contribution >= 0.6 is 0 Å². The van der Waals surface area contributed by atoms with Crippen LogP contribution < -0.4 is 0 Å². The van der Waals surface area contributed by atoms with Gasteiger partial charge in [-0.1, -0.05) is 51.9 Å². The molecular formula is C22H42O4. The summed E-state index contributed by atoms with van der Waals surface area (Å²) in [6.45, 7) is 10.2. The van der Waals surface area contributed by atoms with Crippen LogP contribution in [-0.2, 0) is 18.9 Å². The SMILES string of the molecule is CCCCCCCCC(C1CCCC2OC21)C(OCC)(OCC)OCC. The molecule has 1 aliphatic carbocycles. The number of hydrogen-bond donors (Lipinski definition) is 0. The van der Waals surface area contributed by atoms with Gasteiger partial charge in [0.05, 0.1) is 12.2 Å². The highest BCUT2D eigenvalue weighted by atomic mass is 16.9. The van der Waals surface area contributed by atoms with E-state index in [1.54, 1.807) is 0 Å². The quantitative estimate of drug-likeness (QED) is 0.211. The number of ether oxygens (including phenoxy) is 4. The molecule has 2 aliphatic rings. The highest BCUT2D eigenvalue weighted by Crippen LogP contribution is 2.49. The van der Waals surface area contributed by atoms with E-state index >= 15 is 0 Å². The van der Waals surface area contributed by atoms with Gasteiger partial charge in [-0.15, -0.1) is 0 Å². The first-order valence-corrected chi connectivity index (χ1v) is 11.3. The molecule has 0 radical (unpaired) electrons. The van der Waals surface area contributed by atoms with Crippen molar-refractivity contribution in [3.8, 4) is 0 Å². The molecule has 4 heteroatoms. The summed E-state index contributed by atoms with van der Waals surface area (Å²) in [7, 11) is 0. The van der Waals surface area contributed by atoms with E-state index in [9.17, 15) is 0 Å². The normalized spacial score (nSPS) is 26.5. The predicted molar refractivity (Wildman–Crippen MR) is 105 cm³/mol. The van der Waals surface area contributed by atoms with Crippen molar-refractivity contribution in [3.05, 3.63) is 0 Å². The second-order valence-electron chi connectivity index (χ2n) is 7.80. The summed E-state index contributed by atoms with van der Waals surface area (Å²) in [4.78, 5) is 0. The number of unbranched alkanes of at least 4 members (excludes halogenated alkanes) is 5. The molecule has 4 atom stereocenters. The minimum absolute atomic E-state index is 0.254. The molecule has 0 aromatic carbocycles. The van der Waals surface area contributed by atoms with E-state index in [0.29, 0.717) is 37.9 Å². The van der Waals surface area contributed by atoms with E-state index in [1.165, 1.54) is 57.8 Å². The standard InChI is InChI=1S/C22H42O4/c1-5-9-10-11-12-13-16-19(18-15-14-17-20-21(18)26-20)22(23-6-2,24-7-3)25-8-4/h18-21H,5-17H2,1-4H3. The van der Waals surface area contributed by atoms with Crippen molar-refractivity contribution in [1.82, 2.24) is 0 Å². The number of fused-ring (bicyclic) bond motifs is 1. The monoisotopic (exact) mass is 370 g/mol. The zero-order valence-corrected chi connectivity index (χ0v) is 17.6. The zero-order chi connectivity index (χ0) is 18.8. The first-order valence-electron chi connectivity index (χ1n) is 11.3. The van der Waals surface area contributed by atoms with Gasteiger partial charge >= 0.3 is 0 Å². The van der Waals surface area contributed by atoms with Crippen LogP contribution in [0.3, 0.4) is 0 Å². The molecule has 0 aromatic heterocycles. The fourth-order valence-corrected chi connectivity index (χ4v) is 4.76. The lowest BCUT2D eigenvalue weighted by molar-refractivity contribution is -0.409. The van der Waals surface area contributed by atoms with Crippen molar-refractivity contribution in [2.45, 2.75) is 110 Å². The summed E-state index contributed by atoms with van der Waals surface area (Å²) in [6, 6.07) is 0. The third-order valence-electron chi connectivity index (χ3n) is 5.95. The molecule has 1 saturated heterocycles. The minimum atomic E-state index is -0.903. The van der Waals surface area contributed by atoms with Crippen LogP contribution in [0.5, 0.6) is 0 Å². The van der Waals surface area contributed by atoms with Gasteiger partial charge in [-0.3, -0.25) is 0 Å². The maximum atomic E-state index is 6.19. The van der Waals surface area contributed by atoms with Crippen LogP contribution in [0.2, 0.25) is 0 Å². The maximum absolute atomic E-state index is 6.19. The second-order valence-corrected chi connectivity index (χ2v) is 7.80. The van der Waals surface area contributed by atoms with Crippen LogP contribution in [-0.4, -0.2) is 38.0 Å². The van der Waals surface area contributed by atoms with Crippen LogP contribution in [0.25, 0.3) is 0 Å². The van der Waals surface area contributed by atoms with Gasteiger partial charge in [0, 0.05) is 25.7 Å². The molecular weight excluding hydrogens is 328 g/mol. The Hall–Kier alpha value is -0.160. The van der Waals surface area contributed by atoms with Gasteiger partial charge in [0.2, 0.25) is 0 Å². The van der Waals surface area contributed by atoms with Crippen LogP contribution in [0.4, 0.5) is 0 Å². The van der Waals surface area contributed by atoms with E-state index < -0.39 is 5.97 Å². The molecule has 0 bridgehead atoms. The van der Waals surface area contributed by atoms with Crippen molar-refractivity contribution in [2.75, 3.05) is 19.8 Å². The van der Waals surface area contributed by atoms with E-state index in [1.807, 2.05) is 20.8 Å². The molecule has 4 nitrogen and oxygen atoms in total. The van der Waals surface area contributed by atoms with E-state index in [0.717, 1.165) is 6.42 Å².